The largest absolute Gasteiger partial charge is 0.456 e. The predicted molar refractivity (Wildman–Crippen MR) is 245 cm³/mol. The molecule has 4 heterocycles. The smallest absolute Gasteiger partial charge is 0.160 e. The number of aromatic nitrogens is 3. The van der Waals surface area contributed by atoms with Crippen molar-refractivity contribution < 1.29 is 8.83 Å². The van der Waals surface area contributed by atoms with Gasteiger partial charge in [-0.1, -0.05) is 158 Å². The Hall–Kier alpha value is -8.15. The van der Waals surface area contributed by atoms with Gasteiger partial charge in [0.15, 0.2) is 5.82 Å². The molecule has 0 aliphatic carbocycles. The molecule has 12 aromatic rings. The Balaban J connectivity index is 0.959. The van der Waals surface area contributed by atoms with E-state index in [4.69, 9.17) is 18.8 Å². The van der Waals surface area contributed by atoms with E-state index in [-0.39, 0.29) is 0 Å². The van der Waals surface area contributed by atoms with Crippen LogP contribution in [-0.4, -0.2) is 15.0 Å². The molecule has 0 unspecified atom stereocenters. The lowest BCUT2D eigenvalue weighted by Crippen LogP contribution is -1.96. The number of benzene rings is 8. The number of hydrogen-bond acceptors (Lipinski definition) is 5. The molecule has 280 valence electrons. The fourth-order valence-corrected chi connectivity index (χ4v) is 8.72. The molecule has 0 aliphatic rings. The fraction of sp³-hybridized carbons (Fsp3) is 0. The van der Waals surface area contributed by atoms with E-state index in [1.807, 2.05) is 60.8 Å². The molecule has 0 spiro atoms. The molecular weight excluding hydrogens is 735 g/mol. The van der Waals surface area contributed by atoms with Gasteiger partial charge in [0, 0.05) is 60.9 Å². The highest BCUT2D eigenvalue weighted by atomic mass is 16.3. The molecular formula is C55H33N3O2. The zero-order chi connectivity index (χ0) is 39.6. The summed E-state index contributed by atoms with van der Waals surface area (Å²) in [5.41, 5.74) is 15.6. The standard InChI is InChI=1S/C55H33N3O2/c1-2-11-36(12-3-1)46-33-47(58-55(57-46)39-28-24-35(25-29-39)41-17-8-13-38-14-10-32-56-53(38)41)37-26-22-34(23-27-37)40-30-31-43(54-52(40)45-16-5-7-20-49(45)60-54)42-18-9-21-50-51(42)44-15-4-6-19-48(44)59-50/h1-33H. The summed E-state index contributed by atoms with van der Waals surface area (Å²) in [6.45, 7) is 0. The molecule has 0 radical (unpaired) electrons. The van der Waals surface area contributed by atoms with Gasteiger partial charge in [0.2, 0.25) is 0 Å². The van der Waals surface area contributed by atoms with Crippen molar-refractivity contribution in [1.82, 2.24) is 15.0 Å². The van der Waals surface area contributed by atoms with Gasteiger partial charge in [-0.05, 0) is 58.7 Å². The molecule has 0 N–H and O–H groups in total. The second-order valence-corrected chi connectivity index (χ2v) is 15.1. The Morgan fingerprint density at radius 2 is 0.917 bits per heavy atom. The normalized spacial score (nSPS) is 11.7. The first-order valence-corrected chi connectivity index (χ1v) is 20.1. The van der Waals surface area contributed by atoms with Gasteiger partial charge in [0.25, 0.3) is 0 Å². The molecule has 4 aromatic heterocycles. The van der Waals surface area contributed by atoms with Crippen molar-refractivity contribution in [3.63, 3.8) is 0 Å². The molecule has 0 fully saturated rings. The second kappa shape index (κ2) is 13.8. The van der Waals surface area contributed by atoms with Gasteiger partial charge < -0.3 is 8.83 Å². The Morgan fingerprint density at radius 3 is 1.70 bits per heavy atom. The lowest BCUT2D eigenvalue weighted by atomic mass is 9.92. The van der Waals surface area contributed by atoms with E-state index in [1.165, 1.54) is 0 Å². The van der Waals surface area contributed by atoms with Crippen LogP contribution in [0.3, 0.4) is 0 Å². The van der Waals surface area contributed by atoms with Gasteiger partial charge >= 0.3 is 0 Å². The molecule has 8 aromatic carbocycles. The summed E-state index contributed by atoms with van der Waals surface area (Å²) >= 11 is 0. The zero-order valence-electron chi connectivity index (χ0n) is 32.2. The third-order valence-corrected chi connectivity index (χ3v) is 11.6. The molecule has 0 amide bonds. The quantitative estimate of drug-likeness (QED) is 0.169. The third kappa shape index (κ3) is 5.59. The Kier molecular flexibility index (Phi) is 7.78. The minimum atomic E-state index is 0.667. The maximum atomic E-state index is 6.74. The first kappa shape index (κ1) is 33.9. The van der Waals surface area contributed by atoms with Crippen LogP contribution in [0.15, 0.2) is 209 Å². The average Bonchev–Trinajstić information content (AvgIpc) is 3.91. The molecule has 0 aliphatic heterocycles. The minimum Gasteiger partial charge on any atom is -0.456 e. The summed E-state index contributed by atoms with van der Waals surface area (Å²) < 4.78 is 13.0. The van der Waals surface area contributed by atoms with E-state index >= 15 is 0 Å². The van der Waals surface area contributed by atoms with Crippen molar-refractivity contribution >= 4 is 54.8 Å². The first-order chi connectivity index (χ1) is 29.7. The molecule has 0 bridgehead atoms. The Morgan fingerprint density at radius 1 is 0.350 bits per heavy atom. The number of fused-ring (bicyclic) bond motifs is 7. The zero-order valence-corrected chi connectivity index (χ0v) is 32.2. The number of nitrogens with zero attached hydrogens (tertiary/aromatic N) is 3. The van der Waals surface area contributed by atoms with Crippen molar-refractivity contribution in [3.05, 3.63) is 200 Å². The van der Waals surface area contributed by atoms with Crippen LogP contribution in [0.25, 0.3) is 122 Å². The van der Waals surface area contributed by atoms with Crippen LogP contribution in [0.2, 0.25) is 0 Å². The first-order valence-electron chi connectivity index (χ1n) is 20.1. The summed E-state index contributed by atoms with van der Waals surface area (Å²) in [6, 6.07) is 67.1. The van der Waals surface area contributed by atoms with Crippen molar-refractivity contribution in [2.45, 2.75) is 0 Å². The molecule has 12 rings (SSSR count). The van der Waals surface area contributed by atoms with Gasteiger partial charge in [-0.25, -0.2) is 9.97 Å². The van der Waals surface area contributed by atoms with E-state index in [2.05, 4.69) is 145 Å². The Bertz CT molecular complexity index is 3580. The van der Waals surface area contributed by atoms with E-state index < -0.39 is 0 Å². The van der Waals surface area contributed by atoms with Crippen LogP contribution in [0.1, 0.15) is 0 Å². The second-order valence-electron chi connectivity index (χ2n) is 15.1. The predicted octanol–water partition coefficient (Wildman–Crippen LogP) is 14.8. The van der Waals surface area contributed by atoms with Crippen LogP contribution >= 0.6 is 0 Å². The van der Waals surface area contributed by atoms with Crippen molar-refractivity contribution in [3.8, 4) is 67.3 Å². The Labute approximate surface area is 344 Å². The summed E-state index contributed by atoms with van der Waals surface area (Å²) in [7, 11) is 0. The highest BCUT2D eigenvalue weighted by Gasteiger charge is 2.21. The average molecular weight is 768 g/mol. The molecule has 5 nitrogen and oxygen atoms in total. The highest BCUT2D eigenvalue weighted by Crippen LogP contribution is 2.45. The van der Waals surface area contributed by atoms with Crippen LogP contribution in [0.5, 0.6) is 0 Å². The van der Waals surface area contributed by atoms with E-state index in [9.17, 15) is 0 Å². The highest BCUT2D eigenvalue weighted by molar-refractivity contribution is 6.20. The monoisotopic (exact) mass is 767 g/mol. The molecule has 60 heavy (non-hydrogen) atoms. The lowest BCUT2D eigenvalue weighted by Gasteiger charge is -2.12. The van der Waals surface area contributed by atoms with Crippen molar-refractivity contribution in [2.75, 3.05) is 0 Å². The minimum absolute atomic E-state index is 0.667. The maximum absolute atomic E-state index is 6.74. The van der Waals surface area contributed by atoms with Crippen LogP contribution in [0, 0.1) is 0 Å². The maximum Gasteiger partial charge on any atom is 0.160 e. The van der Waals surface area contributed by atoms with Gasteiger partial charge in [-0.15, -0.1) is 0 Å². The van der Waals surface area contributed by atoms with E-state index in [1.54, 1.807) is 0 Å². The topological polar surface area (TPSA) is 65.0 Å². The molecule has 0 saturated carbocycles. The van der Waals surface area contributed by atoms with Crippen LogP contribution in [0.4, 0.5) is 0 Å². The van der Waals surface area contributed by atoms with Gasteiger partial charge in [-0.2, -0.15) is 0 Å². The van der Waals surface area contributed by atoms with Gasteiger partial charge in [0.1, 0.15) is 22.3 Å². The lowest BCUT2D eigenvalue weighted by molar-refractivity contribution is 0.668. The van der Waals surface area contributed by atoms with E-state index in [0.29, 0.717) is 5.82 Å². The molecule has 0 atom stereocenters. The van der Waals surface area contributed by atoms with Gasteiger partial charge in [-0.3, -0.25) is 4.98 Å². The summed E-state index contributed by atoms with van der Waals surface area (Å²) in [5.74, 6) is 0.667. The third-order valence-electron chi connectivity index (χ3n) is 11.6. The molecule has 5 heteroatoms. The van der Waals surface area contributed by atoms with Crippen LogP contribution in [-0.2, 0) is 0 Å². The SMILES string of the molecule is c1ccc(-c2cc(-c3ccc(-c4ccc(-c5cccc6oc7ccccc7c56)c5oc6ccccc6c45)cc3)nc(-c3ccc(-c4cccc5cccnc45)cc3)n2)cc1. The number of para-hydroxylation sites is 3. The number of pyridine rings is 1. The summed E-state index contributed by atoms with van der Waals surface area (Å²) in [5, 5.41) is 5.45. The number of rotatable bonds is 6. The summed E-state index contributed by atoms with van der Waals surface area (Å²) in [4.78, 5) is 15.0. The van der Waals surface area contributed by atoms with E-state index in [0.717, 1.165) is 116 Å². The van der Waals surface area contributed by atoms with Gasteiger partial charge in [0.05, 0.1) is 16.9 Å². The number of furan rings is 2. The van der Waals surface area contributed by atoms with Crippen LogP contribution < -0.4 is 0 Å². The number of hydrogen-bond donors (Lipinski definition) is 0. The fourth-order valence-electron chi connectivity index (χ4n) is 8.72. The van der Waals surface area contributed by atoms with Crippen molar-refractivity contribution in [2.24, 2.45) is 0 Å². The molecule has 0 saturated heterocycles. The summed E-state index contributed by atoms with van der Waals surface area (Å²) in [6.07, 6.45) is 1.85. The van der Waals surface area contributed by atoms with Crippen molar-refractivity contribution in [1.29, 1.82) is 0 Å².